The first-order valence-corrected chi connectivity index (χ1v) is 9.06. The van der Waals surface area contributed by atoms with Gasteiger partial charge in [0, 0.05) is 22.7 Å². The van der Waals surface area contributed by atoms with Crippen LogP contribution >= 0.6 is 0 Å². The van der Waals surface area contributed by atoms with Gasteiger partial charge in [-0.25, -0.2) is 0 Å². The highest BCUT2D eigenvalue weighted by Crippen LogP contribution is 2.25. The minimum absolute atomic E-state index is 1.09. The molecule has 0 fully saturated rings. The molecule has 0 saturated heterocycles. The second-order valence-electron chi connectivity index (χ2n) is 6.17. The van der Waals surface area contributed by atoms with Crippen molar-refractivity contribution in [2.75, 3.05) is 10.6 Å². The van der Waals surface area contributed by atoms with Gasteiger partial charge in [-0.05, 0) is 55.0 Å². The van der Waals surface area contributed by atoms with Gasteiger partial charge < -0.3 is 10.6 Å². The van der Waals surface area contributed by atoms with E-state index in [9.17, 15) is 0 Å². The van der Waals surface area contributed by atoms with Crippen molar-refractivity contribution < 1.29 is 0 Å². The van der Waals surface area contributed by atoms with E-state index < -0.39 is 0 Å². The third-order valence-corrected chi connectivity index (χ3v) is 4.01. The van der Waals surface area contributed by atoms with Crippen molar-refractivity contribution in [3.05, 3.63) is 121 Å². The van der Waals surface area contributed by atoms with Gasteiger partial charge in [0.2, 0.25) is 0 Å². The Labute approximate surface area is 161 Å². The molecule has 4 aromatic rings. The summed E-state index contributed by atoms with van der Waals surface area (Å²) < 4.78 is 0. The van der Waals surface area contributed by atoms with Crippen LogP contribution in [0.5, 0.6) is 0 Å². The number of aryl methyl sites for hydroxylation is 1. The standard InChI is InChI=1S/C19H18N2.C6H6/c1-15-14-18(20-16-8-4-2-5-9-16)12-13-19(15)21-17-10-6-3-7-11-17;1-2-4-6-5-3-1/h2-14,20-21H,1H3;1-6H. The number of benzene rings is 4. The number of nitrogens with one attached hydrogen (secondary N) is 2. The number of hydrogen-bond acceptors (Lipinski definition) is 2. The molecule has 0 saturated carbocycles. The Bertz CT molecular complexity index is 893. The smallest absolute Gasteiger partial charge is 0.0415 e. The Kier molecular flexibility index (Phi) is 6.66. The zero-order chi connectivity index (χ0) is 18.7. The Hall–Kier alpha value is -3.52. The average Bonchev–Trinajstić information content (AvgIpc) is 2.73. The molecule has 0 aliphatic rings. The molecule has 0 heterocycles. The summed E-state index contributed by atoms with van der Waals surface area (Å²) in [5.41, 5.74) is 5.63. The van der Waals surface area contributed by atoms with Crippen molar-refractivity contribution in [1.82, 2.24) is 0 Å². The summed E-state index contributed by atoms with van der Waals surface area (Å²) in [5, 5.41) is 6.84. The maximum Gasteiger partial charge on any atom is 0.0415 e. The highest BCUT2D eigenvalue weighted by Gasteiger charge is 2.01. The van der Waals surface area contributed by atoms with Crippen LogP contribution < -0.4 is 10.6 Å². The zero-order valence-corrected chi connectivity index (χ0v) is 15.5. The molecule has 0 radical (unpaired) electrons. The first-order valence-electron chi connectivity index (χ1n) is 9.06. The van der Waals surface area contributed by atoms with Gasteiger partial charge in [0.25, 0.3) is 0 Å². The predicted octanol–water partition coefficient (Wildman–Crippen LogP) is 7.17. The van der Waals surface area contributed by atoms with E-state index in [1.807, 2.05) is 72.8 Å². The maximum atomic E-state index is 3.44. The third-order valence-electron chi connectivity index (χ3n) is 4.01. The largest absolute Gasteiger partial charge is 0.356 e. The van der Waals surface area contributed by atoms with Gasteiger partial charge in [-0.1, -0.05) is 72.8 Å². The number of hydrogen-bond donors (Lipinski definition) is 2. The van der Waals surface area contributed by atoms with Crippen molar-refractivity contribution in [2.45, 2.75) is 6.92 Å². The van der Waals surface area contributed by atoms with Gasteiger partial charge in [0.1, 0.15) is 0 Å². The van der Waals surface area contributed by atoms with Gasteiger partial charge in [0.05, 0.1) is 0 Å². The monoisotopic (exact) mass is 352 g/mol. The average molecular weight is 352 g/mol. The van der Waals surface area contributed by atoms with Crippen LogP contribution in [0.1, 0.15) is 5.56 Å². The quantitative estimate of drug-likeness (QED) is 0.407. The highest BCUT2D eigenvalue weighted by atomic mass is 14.9. The van der Waals surface area contributed by atoms with Crippen molar-refractivity contribution in [2.24, 2.45) is 0 Å². The fraction of sp³-hybridized carbons (Fsp3) is 0.0400. The van der Waals surface area contributed by atoms with Crippen LogP contribution in [0.3, 0.4) is 0 Å². The summed E-state index contributed by atoms with van der Waals surface area (Å²) in [4.78, 5) is 0. The number of rotatable bonds is 4. The molecule has 2 N–H and O–H groups in total. The second kappa shape index (κ2) is 9.83. The van der Waals surface area contributed by atoms with E-state index in [2.05, 4.69) is 60.0 Å². The molecule has 134 valence electrons. The Morgan fingerprint density at radius 3 is 1.37 bits per heavy atom. The first-order chi connectivity index (χ1) is 13.3. The van der Waals surface area contributed by atoms with Crippen LogP contribution in [-0.4, -0.2) is 0 Å². The zero-order valence-electron chi connectivity index (χ0n) is 15.5. The lowest BCUT2D eigenvalue weighted by Crippen LogP contribution is -1.95. The summed E-state index contributed by atoms with van der Waals surface area (Å²) in [7, 11) is 0. The summed E-state index contributed by atoms with van der Waals surface area (Å²) in [6, 6.07) is 38.8. The molecule has 0 aromatic heterocycles. The molecule has 0 unspecified atom stereocenters. The predicted molar refractivity (Wildman–Crippen MR) is 117 cm³/mol. The molecule has 0 aliphatic heterocycles. The molecular weight excluding hydrogens is 328 g/mol. The normalized spacial score (nSPS) is 9.67. The molecule has 4 rings (SSSR count). The third kappa shape index (κ3) is 6.05. The van der Waals surface area contributed by atoms with E-state index in [1.165, 1.54) is 5.56 Å². The number of para-hydroxylation sites is 2. The Morgan fingerprint density at radius 2 is 0.889 bits per heavy atom. The van der Waals surface area contributed by atoms with Crippen LogP contribution in [0.4, 0.5) is 22.7 Å². The molecule has 0 bridgehead atoms. The van der Waals surface area contributed by atoms with Crippen molar-refractivity contribution in [3.63, 3.8) is 0 Å². The van der Waals surface area contributed by atoms with Crippen LogP contribution in [0.2, 0.25) is 0 Å². The maximum absolute atomic E-state index is 3.44. The van der Waals surface area contributed by atoms with Crippen LogP contribution in [0.25, 0.3) is 0 Å². The van der Waals surface area contributed by atoms with Gasteiger partial charge in [-0.2, -0.15) is 0 Å². The van der Waals surface area contributed by atoms with E-state index in [1.54, 1.807) is 0 Å². The lowest BCUT2D eigenvalue weighted by atomic mass is 10.1. The lowest BCUT2D eigenvalue weighted by molar-refractivity contribution is 1.42. The van der Waals surface area contributed by atoms with Gasteiger partial charge in [0.15, 0.2) is 0 Å². The first kappa shape index (κ1) is 18.3. The molecule has 0 atom stereocenters. The van der Waals surface area contributed by atoms with Crippen LogP contribution in [-0.2, 0) is 0 Å². The Balaban J connectivity index is 0.000000299. The molecular formula is C25H24N2. The molecule has 0 amide bonds. The molecule has 2 nitrogen and oxygen atoms in total. The SMILES string of the molecule is Cc1cc(Nc2ccccc2)ccc1Nc1ccccc1.c1ccccc1. The van der Waals surface area contributed by atoms with E-state index >= 15 is 0 Å². The summed E-state index contributed by atoms with van der Waals surface area (Å²) in [6.45, 7) is 2.11. The summed E-state index contributed by atoms with van der Waals surface area (Å²) in [5.74, 6) is 0. The highest BCUT2D eigenvalue weighted by molar-refractivity contribution is 5.69. The minimum Gasteiger partial charge on any atom is -0.356 e. The van der Waals surface area contributed by atoms with Crippen molar-refractivity contribution in [3.8, 4) is 0 Å². The van der Waals surface area contributed by atoms with E-state index in [0.717, 1.165) is 22.7 Å². The van der Waals surface area contributed by atoms with Gasteiger partial charge >= 0.3 is 0 Å². The van der Waals surface area contributed by atoms with Gasteiger partial charge in [-0.3, -0.25) is 0 Å². The van der Waals surface area contributed by atoms with Crippen LogP contribution in [0.15, 0.2) is 115 Å². The fourth-order valence-corrected chi connectivity index (χ4v) is 2.63. The summed E-state index contributed by atoms with van der Waals surface area (Å²) in [6.07, 6.45) is 0. The van der Waals surface area contributed by atoms with Crippen molar-refractivity contribution >= 4 is 22.7 Å². The summed E-state index contributed by atoms with van der Waals surface area (Å²) >= 11 is 0. The van der Waals surface area contributed by atoms with Crippen molar-refractivity contribution in [1.29, 1.82) is 0 Å². The molecule has 0 aliphatic carbocycles. The van der Waals surface area contributed by atoms with Crippen LogP contribution in [0, 0.1) is 6.92 Å². The van der Waals surface area contributed by atoms with E-state index in [4.69, 9.17) is 0 Å². The topological polar surface area (TPSA) is 24.1 Å². The van der Waals surface area contributed by atoms with E-state index in [0.29, 0.717) is 0 Å². The van der Waals surface area contributed by atoms with Gasteiger partial charge in [-0.15, -0.1) is 0 Å². The second-order valence-corrected chi connectivity index (χ2v) is 6.17. The fourth-order valence-electron chi connectivity index (χ4n) is 2.63. The minimum atomic E-state index is 1.09. The number of anilines is 4. The van der Waals surface area contributed by atoms with E-state index in [-0.39, 0.29) is 0 Å². The Morgan fingerprint density at radius 1 is 0.444 bits per heavy atom. The molecule has 27 heavy (non-hydrogen) atoms. The molecule has 2 heteroatoms. The molecule has 0 spiro atoms. The molecule has 4 aromatic carbocycles. The lowest BCUT2D eigenvalue weighted by Gasteiger charge is -2.12.